The van der Waals surface area contributed by atoms with Gasteiger partial charge in [0.05, 0.1) is 22.5 Å². The van der Waals surface area contributed by atoms with Crippen LogP contribution in [0.2, 0.25) is 5.02 Å². The third kappa shape index (κ3) is 2.68. The molecule has 2 N–H and O–H groups in total. The van der Waals surface area contributed by atoms with E-state index in [1.54, 1.807) is 12.1 Å². The van der Waals surface area contributed by atoms with Crippen LogP contribution in [0.4, 0.5) is 5.69 Å². The number of anilines is 1. The number of nitrogens with one attached hydrogen (secondary N) is 1. The number of carbonyl (C=O) groups excluding carboxylic acids is 1. The Kier molecular flexibility index (Phi) is 3.96. The van der Waals surface area contributed by atoms with Gasteiger partial charge in [-0.3, -0.25) is 9.59 Å². The zero-order valence-electron chi connectivity index (χ0n) is 10.9. The average molecular weight is 418 g/mol. The highest BCUT2D eigenvalue weighted by Crippen LogP contribution is 2.48. The zero-order valence-corrected chi connectivity index (χ0v) is 13.8. The van der Waals surface area contributed by atoms with Crippen molar-refractivity contribution >= 4 is 51.8 Å². The number of rotatable bonds is 3. The van der Waals surface area contributed by atoms with Crippen LogP contribution in [0, 0.1) is 27.2 Å². The van der Waals surface area contributed by atoms with Crippen LogP contribution in [-0.2, 0) is 9.59 Å². The first kappa shape index (κ1) is 14.8. The predicted octanol–water partition coefficient (Wildman–Crippen LogP) is 3.41. The van der Waals surface area contributed by atoms with E-state index in [4.69, 9.17) is 11.6 Å². The molecule has 4 nitrogen and oxygen atoms in total. The van der Waals surface area contributed by atoms with Gasteiger partial charge in [-0.15, -0.1) is 0 Å². The number of carbonyl (C=O) groups is 2. The van der Waals surface area contributed by atoms with Crippen LogP contribution < -0.4 is 5.32 Å². The van der Waals surface area contributed by atoms with Gasteiger partial charge in [0, 0.05) is 3.57 Å². The molecule has 2 aliphatic rings. The van der Waals surface area contributed by atoms with Gasteiger partial charge in [-0.2, -0.15) is 0 Å². The molecule has 110 valence electrons. The summed E-state index contributed by atoms with van der Waals surface area (Å²) in [7, 11) is 0. The van der Waals surface area contributed by atoms with E-state index in [1.807, 2.05) is 18.2 Å². The first-order valence-electron chi connectivity index (χ1n) is 6.64. The largest absolute Gasteiger partial charge is 0.481 e. The molecule has 1 amide bonds. The lowest BCUT2D eigenvalue weighted by molar-refractivity contribution is -0.146. The summed E-state index contributed by atoms with van der Waals surface area (Å²) in [6, 6.07) is 5.34. The first-order chi connectivity index (χ1) is 9.97. The van der Waals surface area contributed by atoms with Gasteiger partial charge < -0.3 is 10.4 Å². The summed E-state index contributed by atoms with van der Waals surface area (Å²) in [5, 5.41) is 12.6. The molecule has 0 saturated heterocycles. The van der Waals surface area contributed by atoms with Crippen molar-refractivity contribution in [2.24, 2.45) is 23.7 Å². The number of aliphatic carboxylic acids is 1. The fraction of sp³-hybridized carbons (Fsp3) is 0.333. The van der Waals surface area contributed by atoms with Crippen LogP contribution in [0.15, 0.2) is 30.4 Å². The van der Waals surface area contributed by atoms with Crippen LogP contribution >= 0.6 is 34.2 Å². The molecule has 6 heteroatoms. The van der Waals surface area contributed by atoms with Crippen LogP contribution in [0.25, 0.3) is 0 Å². The summed E-state index contributed by atoms with van der Waals surface area (Å²) in [5.74, 6) is -2.34. The number of carboxylic acid groups (broad SMARTS) is 1. The summed E-state index contributed by atoms with van der Waals surface area (Å²) in [4.78, 5) is 23.9. The Morgan fingerprint density at radius 1 is 1.24 bits per heavy atom. The fourth-order valence-corrected chi connectivity index (χ4v) is 4.23. The Bertz CT molecular complexity index is 646. The molecule has 0 heterocycles. The molecule has 0 radical (unpaired) electrons. The fourth-order valence-electron chi connectivity index (χ4n) is 3.32. The normalized spacial score (nSPS) is 29.6. The molecule has 0 aliphatic heterocycles. The van der Waals surface area contributed by atoms with E-state index >= 15 is 0 Å². The molecule has 0 aromatic heterocycles. The quantitative estimate of drug-likeness (QED) is 0.585. The van der Waals surface area contributed by atoms with E-state index in [1.165, 1.54) is 0 Å². The monoisotopic (exact) mass is 417 g/mol. The molecule has 21 heavy (non-hydrogen) atoms. The maximum atomic E-state index is 12.5. The highest BCUT2D eigenvalue weighted by molar-refractivity contribution is 14.1. The number of halogens is 2. The second-order valence-corrected chi connectivity index (χ2v) is 7.10. The van der Waals surface area contributed by atoms with Crippen molar-refractivity contribution in [3.05, 3.63) is 38.9 Å². The van der Waals surface area contributed by atoms with Gasteiger partial charge in [0.25, 0.3) is 0 Å². The lowest BCUT2D eigenvalue weighted by Crippen LogP contribution is -2.36. The van der Waals surface area contributed by atoms with E-state index in [0.29, 0.717) is 10.7 Å². The molecular formula is C15H13ClINO3. The van der Waals surface area contributed by atoms with Crippen molar-refractivity contribution in [1.82, 2.24) is 0 Å². The molecule has 2 bridgehead atoms. The van der Waals surface area contributed by atoms with Crippen LogP contribution in [-0.4, -0.2) is 17.0 Å². The van der Waals surface area contributed by atoms with E-state index in [0.717, 1.165) is 9.99 Å². The Hall–Kier alpha value is -1.08. The number of amides is 1. The number of benzene rings is 1. The SMILES string of the molecule is O=C(O)[C@@H]1C2C=CC(C2)[C@@H]1C(=O)Nc1ccc(I)cc1Cl. The van der Waals surface area contributed by atoms with Gasteiger partial charge >= 0.3 is 5.97 Å². The highest BCUT2D eigenvalue weighted by Gasteiger charge is 2.51. The minimum atomic E-state index is -0.902. The lowest BCUT2D eigenvalue weighted by Gasteiger charge is -2.24. The molecule has 1 aromatic rings. The van der Waals surface area contributed by atoms with Crippen molar-refractivity contribution in [1.29, 1.82) is 0 Å². The number of allylic oxidation sites excluding steroid dienone is 2. The second-order valence-electron chi connectivity index (χ2n) is 5.45. The lowest BCUT2D eigenvalue weighted by atomic mass is 9.82. The van der Waals surface area contributed by atoms with Gasteiger partial charge in [-0.05, 0) is 59.0 Å². The van der Waals surface area contributed by atoms with Crippen LogP contribution in [0.3, 0.4) is 0 Å². The zero-order chi connectivity index (χ0) is 15.1. The Balaban J connectivity index is 1.82. The van der Waals surface area contributed by atoms with Gasteiger partial charge in [0.15, 0.2) is 0 Å². The van der Waals surface area contributed by atoms with Crippen LogP contribution in [0.5, 0.6) is 0 Å². The van der Waals surface area contributed by atoms with E-state index in [-0.39, 0.29) is 17.7 Å². The van der Waals surface area contributed by atoms with Gasteiger partial charge in [-0.1, -0.05) is 23.8 Å². The number of hydrogen-bond acceptors (Lipinski definition) is 2. The molecule has 2 unspecified atom stereocenters. The van der Waals surface area contributed by atoms with E-state index in [9.17, 15) is 14.7 Å². The smallest absolute Gasteiger partial charge is 0.307 e. The minimum Gasteiger partial charge on any atom is -0.481 e. The van der Waals surface area contributed by atoms with Gasteiger partial charge in [-0.25, -0.2) is 0 Å². The highest BCUT2D eigenvalue weighted by atomic mass is 127. The van der Waals surface area contributed by atoms with Crippen molar-refractivity contribution in [2.75, 3.05) is 5.32 Å². The van der Waals surface area contributed by atoms with Gasteiger partial charge in [0.1, 0.15) is 0 Å². The number of carboxylic acids is 1. The first-order valence-corrected chi connectivity index (χ1v) is 8.10. The average Bonchev–Trinajstić information content (AvgIpc) is 3.02. The van der Waals surface area contributed by atoms with Gasteiger partial charge in [0.2, 0.25) is 5.91 Å². The number of fused-ring (bicyclic) bond motifs is 2. The summed E-state index contributed by atoms with van der Waals surface area (Å²) in [6.07, 6.45) is 4.63. The molecule has 1 aromatic carbocycles. The van der Waals surface area contributed by atoms with E-state index < -0.39 is 17.8 Å². The Labute approximate surface area is 140 Å². The van der Waals surface area contributed by atoms with Crippen molar-refractivity contribution < 1.29 is 14.7 Å². The minimum absolute atomic E-state index is 0.0127. The van der Waals surface area contributed by atoms with Crippen molar-refractivity contribution in [3.63, 3.8) is 0 Å². The Morgan fingerprint density at radius 2 is 1.90 bits per heavy atom. The number of hydrogen-bond donors (Lipinski definition) is 2. The molecule has 1 saturated carbocycles. The van der Waals surface area contributed by atoms with Crippen molar-refractivity contribution in [2.45, 2.75) is 6.42 Å². The van der Waals surface area contributed by atoms with Crippen molar-refractivity contribution in [3.8, 4) is 0 Å². The third-order valence-corrected chi connectivity index (χ3v) is 5.22. The third-order valence-electron chi connectivity index (χ3n) is 4.24. The molecule has 1 fully saturated rings. The maximum absolute atomic E-state index is 12.5. The molecular weight excluding hydrogens is 405 g/mol. The Morgan fingerprint density at radius 3 is 2.52 bits per heavy atom. The molecule has 2 aliphatic carbocycles. The molecule has 0 spiro atoms. The van der Waals surface area contributed by atoms with Crippen LogP contribution in [0.1, 0.15) is 6.42 Å². The molecule has 4 atom stereocenters. The summed E-state index contributed by atoms with van der Waals surface area (Å²) in [6.45, 7) is 0. The predicted molar refractivity (Wildman–Crippen MR) is 88.2 cm³/mol. The summed E-state index contributed by atoms with van der Waals surface area (Å²) < 4.78 is 0.974. The van der Waals surface area contributed by atoms with E-state index in [2.05, 4.69) is 27.9 Å². The second kappa shape index (κ2) is 5.61. The standard InChI is InChI=1S/C15H13ClINO3/c16-10-6-9(17)3-4-11(10)18-14(19)12-7-1-2-8(5-7)13(12)15(20)21/h1-4,6-8,12-13H,5H2,(H,18,19)(H,20,21)/t7?,8?,12-,13+/m0/s1. The summed E-state index contributed by atoms with van der Waals surface area (Å²) in [5.41, 5.74) is 0.526. The molecule has 3 rings (SSSR count). The summed E-state index contributed by atoms with van der Waals surface area (Å²) >= 11 is 8.25. The topological polar surface area (TPSA) is 66.4 Å². The maximum Gasteiger partial charge on any atom is 0.307 e.